The molecule has 3 nitrogen and oxygen atoms in total. The second-order valence-electron chi connectivity index (χ2n) is 2.59. The number of nitrogens with one attached hydrogen (secondary N) is 2. The Morgan fingerprint density at radius 1 is 1.25 bits per heavy atom. The van der Waals surface area contributed by atoms with E-state index in [1.165, 1.54) is 6.92 Å². The third-order valence-electron chi connectivity index (χ3n) is 1.05. The molecule has 76 valence electrons. The van der Waals surface area contributed by atoms with Crippen molar-refractivity contribution in [2.45, 2.75) is 26.8 Å². The van der Waals surface area contributed by atoms with E-state index in [0.717, 1.165) is 6.54 Å². The SMILES string of the molecule is CC(=O)NCCNC(C)C.Cl.Cl. The van der Waals surface area contributed by atoms with E-state index >= 15 is 0 Å². The Morgan fingerprint density at radius 2 is 1.75 bits per heavy atom. The highest BCUT2D eigenvalue weighted by Gasteiger charge is 1.91. The summed E-state index contributed by atoms with van der Waals surface area (Å²) in [6, 6.07) is 0.494. The van der Waals surface area contributed by atoms with Gasteiger partial charge in [-0.1, -0.05) is 13.8 Å². The first-order valence-corrected chi connectivity index (χ1v) is 3.60. The molecule has 0 saturated heterocycles. The minimum absolute atomic E-state index is 0. The molecular formula is C7H18Cl2N2O. The molecule has 0 heterocycles. The second kappa shape index (κ2) is 11.0. The number of carbonyl (C=O) groups is 1. The van der Waals surface area contributed by atoms with Crippen LogP contribution in [0, 0.1) is 0 Å². The van der Waals surface area contributed by atoms with E-state index in [4.69, 9.17) is 0 Å². The number of rotatable bonds is 4. The predicted octanol–water partition coefficient (Wildman–Crippen LogP) is 0.964. The molecule has 0 aromatic heterocycles. The fraction of sp³-hybridized carbons (Fsp3) is 0.857. The molecule has 0 aliphatic heterocycles. The molecule has 12 heavy (non-hydrogen) atoms. The maximum Gasteiger partial charge on any atom is 0.216 e. The standard InChI is InChI=1S/C7H16N2O.2ClH/c1-6(2)8-4-5-9-7(3)10;;/h6,8H,4-5H2,1-3H3,(H,9,10);2*1H. The number of hydrogen-bond acceptors (Lipinski definition) is 2. The Morgan fingerprint density at radius 3 is 2.08 bits per heavy atom. The number of halogens is 2. The van der Waals surface area contributed by atoms with Crippen LogP contribution in [-0.4, -0.2) is 25.0 Å². The highest BCUT2D eigenvalue weighted by atomic mass is 35.5. The molecule has 0 unspecified atom stereocenters. The molecule has 0 fully saturated rings. The van der Waals surface area contributed by atoms with Crippen molar-refractivity contribution < 1.29 is 4.79 Å². The lowest BCUT2D eigenvalue weighted by Crippen LogP contribution is -2.33. The Labute approximate surface area is 86.5 Å². The monoisotopic (exact) mass is 216 g/mol. The molecule has 0 aliphatic carbocycles. The van der Waals surface area contributed by atoms with Gasteiger partial charge in [0.2, 0.25) is 5.91 Å². The Hall–Kier alpha value is 0.01000. The summed E-state index contributed by atoms with van der Waals surface area (Å²) in [7, 11) is 0. The molecule has 0 rings (SSSR count). The van der Waals surface area contributed by atoms with Crippen LogP contribution in [0.15, 0.2) is 0 Å². The van der Waals surface area contributed by atoms with E-state index in [9.17, 15) is 4.79 Å². The molecule has 0 bridgehead atoms. The third kappa shape index (κ3) is 16.5. The average Bonchev–Trinajstić information content (AvgIpc) is 1.79. The van der Waals surface area contributed by atoms with E-state index < -0.39 is 0 Å². The van der Waals surface area contributed by atoms with Crippen molar-refractivity contribution in [2.24, 2.45) is 0 Å². The summed E-state index contributed by atoms with van der Waals surface area (Å²) in [5.74, 6) is 0.0329. The van der Waals surface area contributed by atoms with Crippen LogP contribution in [0.4, 0.5) is 0 Å². The van der Waals surface area contributed by atoms with E-state index in [2.05, 4.69) is 24.5 Å². The fourth-order valence-electron chi connectivity index (χ4n) is 0.599. The molecule has 0 atom stereocenters. The first kappa shape index (κ1) is 17.9. The summed E-state index contributed by atoms with van der Waals surface area (Å²) >= 11 is 0. The molecular weight excluding hydrogens is 199 g/mol. The van der Waals surface area contributed by atoms with Gasteiger partial charge in [0.15, 0.2) is 0 Å². The van der Waals surface area contributed by atoms with Gasteiger partial charge in [0.25, 0.3) is 0 Å². The molecule has 5 heteroatoms. The van der Waals surface area contributed by atoms with Gasteiger partial charge in [-0.3, -0.25) is 4.79 Å². The van der Waals surface area contributed by atoms with Gasteiger partial charge in [0.05, 0.1) is 0 Å². The average molecular weight is 217 g/mol. The Bertz CT molecular complexity index is 110. The Balaban J connectivity index is -0.000000405. The lowest BCUT2D eigenvalue weighted by Gasteiger charge is -2.07. The first-order valence-electron chi connectivity index (χ1n) is 3.60. The molecule has 0 aromatic rings. The van der Waals surface area contributed by atoms with Crippen molar-refractivity contribution in [3.05, 3.63) is 0 Å². The van der Waals surface area contributed by atoms with Crippen molar-refractivity contribution in [1.29, 1.82) is 0 Å². The number of hydrogen-bond donors (Lipinski definition) is 2. The van der Waals surface area contributed by atoms with Crippen LogP contribution < -0.4 is 10.6 Å². The molecule has 0 spiro atoms. The smallest absolute Gasteiger partial charge is 0.216 e. The van der Waals surface area contributed by atoms with Gasteiger partial charge in [-0.05, 0) is 0 Å². The summed E-state index contributed by atoms with van der Waals surface area (Å²) in [6.07, 6.45) is 0. The second-order valence-corrected chi connectivity index (χ2v) is 2.59. The molecule has 2 N–H and O–H groups in total. The van der Waals surface area contributed by atoms with Crippen LogP contribution in [0.1, 0.15) is 20.8 Å². The van der Waals surface area contributed by atoms with Crippen molar-refractivity contribution >= 4 is 30.7 Å². The van der Waals surface area contributed by atoms with Gasteiger partial charge in [0, 0.05) is 26.1 Å². The van der Waals surface area contributed by atoms with Crippen molar-refractivity contribution in [3.8, 4) is 0 Å². The highest BCUT2D eigenvalue weighted by molar-refractivity contribution is 5.85. The van der Waals surface area contributed by atoms with Crippen LogP contribution >= 0.6 is 24.8 Å². The number of amides is 1. The summed E-state index contributed by atoms with van der Waals surface area (Å²) in [5.41, 5.74) is 0. The summed E-state index contributed by atoms with van der Waals surface area (Å²) in [5, 5.41) is 5.89. The number of carbonyl (C=O) groups excluding carboxylic acids is 1. The van der Waals surface area contributed by atoms with Crippen LogP contribution in [-0.2, 0) is 4.79 Å². The van der Waals surface area contributed by atoms with E-state index in [1.807, 2.05) is 0 Å². The van der Waals surface area contributed by atoms with Crippen LogP contribution in [0.3, 0.4) is 0 Å². The maximum absolute atomic E-state index is 10.3. The summed E-state index contributed by atoms with van der Waals surface area (Å²) in [4.78, 5) is 10.3. The Kier molecular flexibility index (Phi) is 16.5. The van der Waals surface area contributed by atoms with Gasteiger partial charge < -0.3 is 10.6 Å². The van der Waals surface area contributed by atoms with Crippen molar-refractivity contribution in [2.75, 3.05) is 13.1 Å². The minimum Gasteiger partial charge on any atom is -0.355 e. The molecule has 1 amide bonds. The molecule has 0 aliphatic rings. The van der Waals surface area contributed by atoms with Gasteiger partial charge in [-0.25, -0.2) is 0 Å². The zero-order valence-electron chi connectivity index (χ0n) is 7.72. The van der Waals surface area contributed by atoms with Crippen molar-refractivity contribution in [3.63, 3.8) is 0 Å². The zero-order chi connectivity index (χ0) is 7.98. The van der Waals surface area contributed by atoms with Crippen LogP contribution in [0.25, 0.3) is 0 Å². The normalized spacial score (nSPS) is 8.33. The topological polar surface area (TPSA) is 41.1 Å². The van der Waals surface area contributed by atoms with E-state index in [0.29, 0.717) is 12.6 Å². The van der Waals surface area contributed by atoms with Gasteiger partial charge >= 0.3 is 0 Å². The van der Waals surface area contributed by atoms with Gasteiger partial charge in [-0.2, -0.15) is 0 Å². The molecule has 0 saturated carbocycles. The summed E-state index contributed by atoms with van der Waals surface area (Å²) in [6.45, 7) is 7.24. The lowest BCUT2D eigenvalue weighted by atomic mass is 10.4. The van der Waals surface area contributed by atoms with Gasteiger partial charge in [0.1, 0.15) is 0 Å². The van der Waals surface area contributed by atoms with Crippen LogP contribution in [0.2, 0.25) is 0 Å². The molecule has 0 aromatic carbocycles. The van der Waals surface area contributed by atoms with E-state index in [1.54, 1.807) is 0 Å². The van der Waals surface area contributed by atoms with Crippen LogP contribution in [0.5, 0.6) is 0 Å². The first-order chi connectivity index (χ1) is 4.63. The quantitative estimate of drug-likeness (QED) is 0.689. The highest BCUT2D eigenvalue weighted by Crippen LogP contribution is 1.72. The largest absolute Gasteiger partial charge is 0.355 e. The summed E-state index contributed by atoms with van der Waals surface area (Å²) < 4.78 is 0. The zero-order valence-corrected chi connectivity index (χ0v) is 9.35. The third-order valence-corrected chi connectivity index (χ3v) is 1.05. The molecule has 0 radical (unpaired) electrons. The maximum atomic E-state index is 10.3. The van der Waals surface area contributed by atoms with E-state index in [-0.39, 0.29) is 30.7 Å². The fourth-order valence-corrected chi connectivity index (χ4v) is 0.599. The lowest BCUT2D eigenvalue weighted by molar-refractivity contribution is -0.118. The van der Waals surface area contributed by atoms with Gasteiger partial charge in [-0.15, -0.1) is 24.8 Å². The minimum atomic E-state index is 0. The predicted molar refractivity (Wildman–Crippen MR) is 56.3 cm³/mol. The van der Waals surface area contributed by atoms with Crippen molar-refractivity contribution in [1.82, 2.24) is 10.6 Å².